The SMILES string of the molecule is C=C[C@H]1CC[C@H]2[C@@H]3CCC4CC(=O)CC[C@]4(C)[C@H]3C(=O)C[C@]12C. The number of hydrogen-bond acceptors (Lipinski definition) is 2. The summed E-state index contributed by atoms with van der Waals surface area (Å²) in [6, 6.07) is 0. The molecule has 126 valence electrons. The van der Waals surface area contributed by atoms with Crippen molar-refractivity contribution in [2.75, 3.05) is 0 Å². The fraction of sp³-hybridized carbons (Fsp3) is 0.810. The van der Waals surface area contributed by atoms with Gasteiger partial charge in [-0.25, -0.2) is 0 Å². The normalized spacial score (nSPS) is 52.5. The first-order valence-electron chi connectivity index (χ1n) is 9.57. The summed E-state index contributed by atoms with van der Waals surface area (Å²) in [7, 11) is 0. The number of carbonyl (C=O) groups excluding carboxylic acids is 2. The molecule has 0 spiro atoms. The maximum Gasteiger partial charge on any atom is 0.137 e. The number of rotatable bonds is 1. The lowest BCUT2D eigenvalue weighted by molar-refractivity contribution is -0.159. The summed E-state index contributed by atoms with van der Waals surface area (Å²) < 4.78 is 0. The Morgan fingerprint density at radius 3 is 2.61 bits per heavy atom. The fourth-order valence-corrected chi connectivity index (χ4v) is 7.28. The van der Waals surface area contributed by atoms with E-state index in [1.165, 1.54) is 12.8 Å². The Hall–Kier alpha value is -0.920. The number of ketones is 2. The molecule has 0 aliphatic heterocycles. The molecule has 0 aromatic rings. The minimum atomic E-state index is 0.0848. The fourth-order valence-electron chi connectivity index (χ4n) is 7.28. The quantitative estimate of drug-likeness (QED) is 0.664. The summed E-state index contributed by atoms with van der Waals surface area (Å²) in [5, 5.41) is 0. The first-order valence-corrected chi connectivity index (χ1v) is 9.57. The zero-order valence-corrected chi connectivity index (χ0v) is 14.6. The summed E-state index contributed by atoms with van der Waals surface area (Å²) >= 11 is 0. The van der Waals surface area contributed by atoms with Gasteiger partial charge in [0.1, 0.15) is 11.6 Å². The summed E-state index contributed by atoms with van der Waals surface area (Å²) in [4.78, 5) is 25.2. The van der Waals surface area contributed by atoms with Gasteiger partial charge in [-0.3, -0.25) is 9.59 Å². The molecule has 0 N–H and O–H groups in total. The Bertz CT molecular complexity index is 564. The number of carbonyl (C=O) groups is 2. The van der Waals surface area contributed by atoms with Crippen molar-refractivity contribution in [2.45, 2.75) is 65.2 Å². The van der Waals surface area contributed by atoms with Crippen LogP contribution in [-0.2, 0) is 9.59 Å². The number of allylic oxidation sites excluding steroid dienone is 1. The van der Waals surface area contributed by atoms with E-state index in [0.29, 0.717) is 41.7 Å². The molecule has 0 aromatic heterocycles. The van der Waals surface area contributed by atoms with E-state index in [2.05, 4.69) is 26.5 Å². The molecule has 0 radical (unpaired) electrons. The van der Waals surface area contributed by atoms with Crippen LogP contribution in [-0.4, -0.2) is 11.6 Å². The van der Waals surface area contributed by atoms with Gasteiger partial charge in [0, 0.05) is 25.2 Å². The van der Waals surface area contributed by atoms with Crippen LogP contribution in [0.1, 0.15) is 65.2 Å². The molecule has 1 unspecified atom stereocenters. The van der Waals surface area contributed by atoms with Crippen molar-refractivity contribution in [3.63, 3.8) is 0 Å². The van der Waals surface area contributed by atoms with Crippen molar-refractivity contribution in [3.8, 4) is 0 Å². The Morgan fingerprint density at radius 2 is 1.87 bits per heavy atom. The molecular formula is C21H30O2. The van der Waals surface area contributed by atoms with Gasteiger partial charge < -0.3 is 0 Å². The van der Waals surface area contributed by atoms with E-state index in [0.717, 1.165) is 32.1 Å². The molecule has 4 saturated carbocycles. The smallest absolute Gasteiger partial charge is 0.137 e. The van der Waals surface area contributed by atoms with Crippen LogP contribution in [0.4, 0.5) is 0 Å². The van der Waals surface area contributed by atoms with Gasteiger partial charge in [-0.15, -0.1) is 6.58 Å². The van der Waals surface area contributed by atoms with Crippen molar-refractivity contribution in [3.05, 3.63) is 12.7 Å². The third-order valence-electron chi connectivity index (χ3n) is 8.52. The molecule has 4 rings (SSSR count). The number of Topliss-reactive ketones (excluding diaryl/α,β-unsaturated/α-hetero) is 2. The molecule has 7 atom stereocenters. The second-order valence-corrected chi connectivity index (χ2v) is 9.34. The largest absolute Gasteiger partial charge is 0.300 e. The molecule has 2 heteroatoms. The van der Waals surface area contributed by atoms with Crippen LogP contribution in [0, 0.1) is 40.4 Å². The van der Waals surface area contributed by atoms with Crippen molar-refractivity contribution in [1.29, 1.82) is 0 Å². The Balaban J connectivity index is 1.70. The molecule has 0 bridgehead atoms. The van der Waals surface area contributed by atoms with Crippen molar-refractivity contribution < 1.29 is 9.59 Å². The summed E-state index contributed by atoms with van der Waals surface area (Å²) in [6.07, 6.45) is 10.0. The van der Waals surface area contributed by atoms with Crippen LogP contribution in [0.3, 0.4) is 0 Å². The lowest BCUT2D eigenvalue weighted by atomic mass is 9.44. The van der Waals surface area contributed by atoms with Gasteiger partial charge in [0.2, 0.25) is 0 Å². The molecule has 0 heterocycles. The minimum absolute atomic E-state index is 0.0848. The van der Waals surface area contributed by atoms with E-state index in [1.807, 2.05) is 0 Å². The Labute approximate surface area is 140 Å². The molecule has 4 fully saturated rings. The average molecular weight is 314 g/mol. The Kier molecular flexibility index (Phi) is 3.42. The van der Waals surface area contributed by atoms with Crippen molar-refractivity contribution >= 4 is 11.6 Å². The van der Waals surface area contributed by atoms with Gasteiger partial charge in [0.15, 0.2) is 0 Å². The van der Waals surface area contributed by atoms with Crippen LogP contribution in [0.25, 0.3) is 0 Å². The van der Waals surface area contributed by atoms with Gasteiger partial charge in [-0.05, 0) is 66.6 Å². The molecule has 23 heavy (non-hydrogen) atoms. The highest BCUT2D eigenvalue weighted by atomic mass is 16.1. The van der Waals surface area contributed by atoms with Crippen LogP contribution >= 0.6 is 0 Å². The third-order valence-corrected chi connectivity index (χ3v) is 8.52. The Morgan fingerprint density at radius 1 is 1.09 bits per heavy atom. The zero-order chi connectivity index (χ0) is 16.4. The predicted octanol–water partition coefficient (Wildman–Crippen LogP) is 4.58. The standard InChI is InChI=1S/C21H30O2/c1-4-13-6-8-17-16-7-5-14-11-15(22)9-10-20(14,2)19(16)18(23)12-21(13,17)3/h4,13-14,16-17,19H,1,5-12H2,2-3H3/t13-,14?,16-,17-,19+,20-,21+/m0/s1. The van der Waals surface area contributed by atoms with Gasteiger partial charge in [-0.2, -0.15) is 0 Å². The highest BCUT2D eigenvalue weighted by molar-refractivity contribution is 5.85. The first kappa shape index (κ1) is 15.6. The number of hydrogen-bond donors (Lipinski definition) is 0. The van der Waals surface area contributed by atoms with Gasteiger partial charge in [-0.1, -0.05) is 19.9 Å². The minimum Gasteiger partial charge on any atom is -0.300 e. The lowest BCUT2D eigenvalue weighted by Crippen LogP contribution is -2.57. The van der Waals surface area contributed by atoms with E-state index < -0.39 is 0 Å². The van der Waals surface area contributed by atoms with Gasteiger partial charge >= 0.3 is 0 Å². The van der Waals surface area contributed by atoms with E-state index in [9.17, 15) is 9.59 Å². The van der Waals surface area contributed by atoms with Crippen molar-refractivity contribution in [1.82, 2.24) is 0 Å². The topological polar surface area (TPSA) is 34.1 Å². The van der Waals surface area contributed by atoms with E-state index in [4.69, 9.17) is 0 Å². The van der Waals surface area contributed by atoms with E-state index in [1.54, 1.807) is 0 Å². The molecular weight excluding hydrogens is 284 g/mol. The maximum atomic E-state index is 13.3. The second-order valence-electron chi connectivity index (χ2n) is 9.34. The van der Waals surface area contributed by atoms with Crippen LogP contribution < -0.4 is 0 Å². The average Bonchev–Trinajstić information content (AvgIpc) is 2.83. The molecule has 0 aromatic carbocycles. The molecule has 0 saturated heterocycles. The molecule has 4 aliphatic carbocycles. The predicted molar refractivity (Wildman–Crippen MR) is 90.8 cm³/mol. The maximum absolute atomic E-state index is 13.3. The highest BCUT2D eigenvalue weighted by Gasteiger charge is 2.62. The van der Waals surface area contributed by atoms with Gasteiger partial charge in [0.25, 0.3) is 0 Å². The summed E-state index contributed by atoms with van der Waals surface area (Å²) in [5.41, 5.74) is 0.231. The summed E-state index contributed by atoms with van der Waals surface area (Å²) in [5.74, 6) is 3.35. The number of fused-ring (bicyclic) bond motifs is 5. The van der Waals surface area contributed by atoms with E-state index in [-0.39, 0.29) is 16.7 Å². The second kappa shape index (κ2) is 5.04. The molecule has 0 amide bonds. The van der Waals surface area contributed by atoms with Crippen LogP contribution in [0.2, 0.25) is 0 Å². The highest BCUT2D eigenvalue weighted by Crippen LogP contribution is 2.66. The third kappa shape index (κ3) is 1.99. The van der Waals surface area contributed by atoms with Gasteiger partial charge in [0.05, 0.1) is 0 Å². The molecule has 2 nitrogen and oxygen atoms in total. The van der Waals surface area contributed by atoms with E-state index >= 15 is 0 Å². The lowest BCUT2D eigenvalue weighted by Gasteiger charge is -2.59. The zero-order valence-electron chi connectivity index (χ0n) is 14.6. The summed E-state index contributed by atoms with van der Waals surface area (Å²) in [6.45, 7) is 8.73. The first-order chi connectivity index (χ1) is 10.9. The monoisotopic (exact) mass is 314 g/mol. The van der Waals surface area contributed by atoms with Crippen molar-refractivity contribution in [2.24, 2.45) is 40.4 Å². The van der Waals surface area contributed by atoms with Crippen LogP contribution in [0.5, 0.6) is 0 Å². The van der Waals surface area contributed by atoms with Crippen LogP contribution in [0.15, 0.2) is 12.7 Å². The molecule has 4 aliphatic rings.